The Labute approximate surface area is 159 Å². The van der Waals surface area contributed by atoms with Crippen LogP contribution in [0.25, 0.3) is 0 Å². The summed E-state index contributed by atoms with van der Waals surface area (Å²) in [5, 5.41) is 3.44. The van der Waals surface area contributed by atoms with Crippen LogP contribution in [0.3, 0.4) is 0 Å². The predicted octanol–water partition coefficient (Wildman–Crippen LogP) is 4.40. The Morgan fingerprint density at radius 1 is 1.12 bits per heavy atom. The fourth-order valence-corrected chi connectivity index (χ4v) is 4.84. The summed E-state index contributed by atoms with van der Waals surface area (Å²) in [5.41, 5.74) is 2.21. The van der Waals surface area contributed by atoms with E-state index in [-0.39, 0.29) is 5.91 Å². The molecule has 2 saturated heterocycles. The Kier molecular flexibility index (Phi) is 6.95. The lowest BCUT2D eigenvalue weighted by atomic mass is 9.92. The largest absolute Gasteiger partial charge is 0.327 e. The lowest BCUT2D eigenvalue weighted by Crippen LogP contribution is -2.31. The molecule has 132 valence electrons. The van der Waals surface area contributed by atoms with Gasteiger partial charge in [-0.1, -0.05) is 47.6 Å². The fraction of sp³-hybridized carbons (Fsp3) is 0.650. The van der Waals surface area contributed by atoms with Gasteiger partial charge in [0.15, 0.2) is 0 Å². The van der Waals surface area contributed by atoms with Gasteiger partial charge in [0.2, 0.25) is 0 Å². The zero-order chi connectivity index (χ0) is 16.8. The van der Waals surface area contributed by atoms with E-state index in [0.29, 0.717) is 4.05 Å². The van der Waals surface area contributed by atoms with E-state index in [1.54, 1.807) is 0 Å². The molecule has 3 rings (SSSR count). The van der Waals surface area contributed by atoms with Crippen molar-refractivity contribution in [3.63, 3.8) is 0 Å². The number of benzene rings is 1. The monoisotopic (exact) mass is 440 g/mol. The zero-order valence-corrected chi connectivity index (χ0v) is 16.6. The molecule has 1 aromatic carbocycles. The molecule has 0 bridgehead atoms. The summed E-state index contributed by atoms with van der Waals surface area (Å²) >= 11 is 2.38. The minimum atomic E-state index is 0.198. The average Bonchev–Trinajstić information content (AvgIpc) is 3.05. The van der Waals surface area contributed by atoms with Gasteiger partial charge in [0.25, 0.3) is 5.91 Å². The Hall–Kier alpha value is -0.620. The number of likely N-dealkylation sites (tertiary alicyclic amines) is 1. The maximum Gasteiger partial charge on any atom is 0.254 e. The third-order valence-electron chi connectivity index (χ3n) is 5.43. The first-order valence-corrected chi connectivity index (χ1v) is 10.7. The Balaban J connectivity index is 1.42. The fourth-order valence-electron chi connectivity index (χ4n) is 3.87. The van der Waals surface area contributed by atoms with E-state index in [1.807, 2.05) is 17.0 Å². The molecular weight excluding hydrogens is 411 g/mol. The number of hydrogen-bond acceptors (Lipinski definition) is 2. The normalized spacial score (nSPS) is 22.0. The van der Waals surface area contributed by atoms with E-state index in [9.17, 15) is 4.79 Å². The molecule has 1 amide bonds. The van der Waals surface area contributed by atoms with Crippen molar-refractivity contribution in [1.29, 1.82) is 0 Å². The molecule has 1 aromatic rings. The predicted molar refractivity (Wildman–Crippen MR) is 108 cm³/mol. The topological polar surface area (TPSA) is 32.3 Å². The summed E-state index contributed by atoms with van der Waals surface area (Å²) in [4.78, 5) is 14.5. The molecule has 0 spiro atoms. The van der Waals surface area contributed by atoms with Gasteiger partial charge < -0.3 is 10.2 Å². The number of nitrogens with one attached hydrogen (secondary N) is 1. The summed E-state index contributed by atoms with van der Waals surface area (Å²) in [6.45, 7) is 3.31. The van der Waals surface area contributed by atoms with Crippen LogP contribution in [0.4, 0.5) is 0 Å². The molecule has 1 atom stereocenters. The summed E-state index contributed by atoms with van der Waals surface area (Å²) < 4.78 is 0.366. The van der Waals surface area contributed by atoms with Crippen LogP contribution < -0.4 is 5.32 Å². The van der Waals surface area contributed by atoms with Crippen LogP contribution in [0, 0.1) is 5.92 Å². The van der Waals surface area contributed by atoms with Crippen molar-refractivity contribution < 1.29 is 4.79 Å². The number of hydrogen-bond donors (Lipinski definition) is 1. The number of nitrogens with zero attached hydrogens (tertiary/aromatic N) is 1. The summed E-state index contributed by atoms with van der Waals surface area (Å²) in [7, 11) is 0. The molecule has 2 heterocycles. The highest BCUT2D eigenvalue weighted by Crippen LogP contribution is 2.25. The third kappa shape index (κ3) is 4.94. The summed E-state index contributed by atoms with van der Waals surface area (Å²) in [6, 6.07) is 8.34. The molecule has 0 aromatic heterocycles. The smallest absolute Gasteiger partial charge is 0.254 e. The first kappa shape index (κ1) is 18.2. The molecule has 2 aliphatic rings. The lowest BCUT2D eigenvalue weighted by Gasteiger charge is -2.22. The van der Waals surface area contributed by atoms with Crippen molar-refractivity contribution in [1.82, 2.24) is 10.2 Å². The van der Waals surface area contributed by atoms with E-state index < -0.39 is 0 Å². The molecule has 24 heavy (non-hydrogen) atoms. The van der Waals surface area contributed by atoms with Crippen LogP contribution in [-0.4, -0.2) is 34.5 Å². The summed E-state index contributed by atoms with van der Waals surface area (Å²) in [6.07, 6.45) is 10.1. The van der Waals surface area contributed by atoms with Gasteiger partial charge >= 0.3 is 0 Å². The number of rotatable bonds is 6. The Morgan fingerprint density at radius 3 is 2.54 bits per heavy atom. The summed E-state index contributed by atoms with van der Waals surface area (Å²) in [5.74, 6) is 1.14. The Morgan fingerprint density at radius 2 is 1.88 bits per heavy atom. The van der Waals surface area contributed by atoms with Gasteiger partial charge in [-0.05, 0) is 75.2 Å². The van der Waals surface area contributed by atoms with Gasteiger partial charge in [-0.25, -0.2) is 0 Å². The maximum atomic E-state index is 12.5. The molecule has 2 fully saturated rings. The van der Waals surface area contributed by atoms with Crippen molar-refractivity contribution in [2.45, 2.75) is 55.4 Å². The molecule has 1 N–H and O–H groups in total. The number of amides is 1. The highest BCUT2D eigenvalue weighted by molar-refractivity contribution is 14.1. The minimum Gasteiger partial charge on any atom is -0.327 e. The number of unbranched alkanes of at least 4 members (excludes halogenated alkanes) is 1. The lowest BCUT2D eigenvalue weighted by molar-refractivity contribution is 0.0785. The van der Waals surface area contributed by atoms with E-state index in [0.717, 1.165) is 37.3 Å². The van der Waals surface area contributed by atoms with Crippen LogP contribution in [0.2, 0.25) is 0 Å². The second-order valence-electron chi connectivity index (χ2n) is 7.21. The second kappa shape index (κ2) is 9.18. The van der Waals surface area contributed by atoms with Crippen LogP contribution in [-0.2, 0) is 6.42 Å². The van der Waals surface area contributed by atoms with Crippen LogP contribution in [0.5, 0.6) is 0 Å². The van der Waals surface area contributed by atoms with Crippen LogP contribution >= 0.6 is 22.6 Å². The van der Waals surface area contributed by atoms with E-state index >= 15 is 0 Å². The molecule has 0 saturated carbocycles. The van der Waals surface area contributed by atoms with Crippen molar-refractivity contribution >= 4 is 28.5 Å². The van der Waals surface area contributed by atoms with Crippen LogP contribution in [0.1, 0.15) is 60.9 Å². The van der Waals surface area contributed by atoms with Gasteiger partial charge in [-0.2, -0.15) is 0 Å². The number of alkyl halides is 1. The number of aryl methyl sites for hydroxylation is 1. The maximum absolute atomic E-state index is 12.5. The zero-order valence-electron chi connectivity index (χ0n) is 14.5. The highest BCUT2D eigenvalue weighted by atomic mass is 127. The van der Waals surface area contributed by atoms with E-state index in [4.69, 9.17) is 0 Å². The van der Waals surface area contributed by atoms with Gasteiger partial charge in [-0.3, -0.25) is 4.79 Å². The standard InChI is InChI=1S/C20H29IN2O/c21-19-6-3-15-23(19)20(24)18-9-7-16(8-10-18)4-1-2-5-17-11-13-22-14-12-17/h7-10,17,19,22H,1-6,11-15H2/t19-/m1/s1. The van der Waals surface area contributed by atoms with Gasteiger partial charge in [0.05, 0.1) is 4.05 Å². The number of carbonyl (C=O) groups is 1. The molecule has 0 unspecified atom stereocenters. The number of carbonyl (C=O) groups excluding carboxylic acids is 1. The number of piperidine rings is 1. The van der Waals surface area contributed by atoms with Gasteiger partial charge in [0.1, 0.15) is 0 Å². The average molecular weight is 440 g/mol. The SMILES string of the molecule is O=C(c1ccc(CCCCC2CCNCC2)cc1)N1CCC[C@@H]1I. The van der Waals surface area contributed by atoms with Gasteiger partial charge in [-0.15, -0.1) is 0 Å². The van der Waals surface area contributed by atoms with E-state index in [2.05, 4.69) is 40.0 Å². The minimum absolute atomic E-state index is 0.198. The first-order valence-electron chi connectivity index (χ1n) is 9.49. The Bertz CT molecular complexity index is 525. The molecular formula is C20H29IN2O. The van der Waals surface area contributed by atoms with Gasteiger partial charge in [0, 0.05) is 12.1 Å². The van der Waals surface area contributed by atoms with Crippen molar-refractivity contribution in [3.8, 4) is 0 Å². The first-order chi connectivity index (χ1) is 11.7. The van der Waals surface area contributed by atoms with Crippen molar-refractivity contribution in [2.75, 3.05) is 19.6 Å². The molecule has 0 radical (unpaired) electrons. The molecule has 0 aliphatic carbocycles. The molecule has 2 aliphatic heterocycles. The highest BCUT2D eigenvalue weighted by Gasteiger charge is 2.26. The van der Waals surface area contributed by atoms with E-state index in [1.165, 1.54) is 50.8 Å². The quantitative estimate of drug-likeness (QED) is 0.308. The second-order valence-corrected chi connectivity index (χ2v) is 8.65. The van der Waals surface area contributed by atoms with Crippen molar-refractivity contribution in [3.05, 3.63) is 35.4 Å². The third-order valence-corrected chi connectivity index (χ3v) is 6.72. The van der Waals surface area contributed by atoms with Crippen molar-refractivity contribution in [2.24, 2.45) is 5.92 Å². The molecule has 4 heteroatoms. The number of halogens is 1. The molecule has 3 nitrogen and oxygen atoms in total. The van der Waals surface area contributed by atoms with Crippen LogP contribution in [0.15, 0.2) is 24.3 Å².